The fraction of sp³-hybridized carbons (Fsp3) is 0.611. The van der Waals surface area contributed by atoms with Gasteiger partial charge in [0.05, 0.1) is 6.42 Å². The van der Waals surface area contributed by atoms with Crippen molar-refractivity contribution in [3.8, 4) is 0 Å². The Hall–Kier alpha value is -2.31. The van der Waals surface area contributed by atoms with Crippen LogP contribution in [0.15, 0.2) is 12.3 Å². The van der Waals surface area contributed by atoms with E-state index in [1.54, 1.807) is 6.20 Å². The molecule has 3 aliphatic rings. The molecule has 1 aliphatic carbocycles. The molecule has 25 heavy (non-hydrogen) atoms. The van der Waals surface area contributed by atoms with Crippen LogP contribution in [0.5, 0.6) is 0 Å². The summed E-state index contributed by atoms with van der Waals surface area (Å²) in [5, 5.41) is 5.90. The highest BCUT2D eigenvalue weighted by atomic mass is 16.2. The van der Waals surface area contributed by atoms with Crippen LogP contribution in [0.2, 0.25) is 0 Å². The van der Waals surface area contributed by atoms with Crippen LogP contribution in [0.25, 0.3) is 0 Å². The van der Waals surface area contributed by atoms with E-state index in [9.17, 15) is 9.59 Å². The van der Waals surface area contributed by atoms with Crippen LogP contribution in [0.4, 0.5) is 16.3 Å². The van der Waals surface area contributed by atoms with Gasteiger partial charge in [0.15, 0.2) is 0 Å². The lowest BCUT2D eigenvalue weighted by Gasteiger charge is -2.36. The lowest BCUT2D eigenvalue weighted by Crippen LogP contribution is -2.52. The molecule has 0 bridgehead atoms. The van der Waals surface area contributed by atoms with Gasteiger partial charge in [-0.25, -0.2) is 9.78 Å². The summed E-state index contributed by atoms with van der Waals surface area (Å²) in [4.78, 5) is 32.4. The second kappa shape index (κ2) is 6.90. The third-order valence-electron chi connectivity index (χ3n) is 5.55. The highest BCUT2D eigenvalue weighted by molar-refractivity contribution is 6.00. The van der Waals surface area contributed by atoms with Crippen LogP contribution >= 0.6 is 0 Å². The molecule has 1 saturated carbocycles. The van der Waals surface area contributed by atoms with Gasteiger partial charge < -0.3 is 20.4 Å². The number of aromatic nitrogens is 1. The summed E-state index contributed by atoms with van der Waals surface area (Å²) in [6, 6.07) is 2.03. The first kappa shape index (κ1) is 16.2. The third-order valence-corrected chi connectivity index (χ3v) is 5.55. The second-order valence-corrected chi connectivity index (χ2v) is 7.19. The van der Waals surface area contributed by atoms with E-state index >= 15 is 0 Å². The van der Waals surface area contributed by atoms with Gasteiger partial charge in [-0.1, -0.05) is 12.8 Å². The van der Waals surface area contributed by atoms with Crippen LogP contribution in [0, 0.1) is 5.92 Å². The van der Waals surface area contributed by atoms with Crippen LogP contribution in [-0.4, -0.2) is 54.5 Å². The number of rotatable bonds is 3. The highest BCUT2D eigenvalue weighted by Gasteiger charge is 2.27. The van der Waals surface area contributed by atoms with Crippen LogP contribution in [0.3, 0.4) is 0 Å². The zero-order valence-electron chi connectivity index (χ0n) is 14.5. The number of hydrogen-bond acceptors (Lipinski definition) is 4. The number of carbonyl (C=O) groups is 2. The minimum absolute atomic E-state index is 0.000114. The largest absolute Gasteiger partial charge is 0.368 e. The standard InChI is InChI=1S/C18H25N5O2/c24-16-11-14-15(5-6-19-17(14)21-16)22-7-9-23(10-8-22)18(25)20-12-13-3-1-2-4-13/h5-6,13H,1-4,7-12H2,(H,20,25)(H,19,21,24). The molecule has 2 fully saturated rings. The van der Waals surface area contributed by atoms with E-state index in [1.165, 1.54) is 25.7 Å². The van der Waals surface area contributed by atoms with Crippen molar-refractivity contribution in [1.29, 1.82) is 0 Å². The summed E-state index contributed by atoms with van der Waals surface area (Å²) < 4.78 is 0. The Morgan fingerprint density at radius 2 is 2.00 bits per heavy atom. The Bertz CT molecular complexity index is 663. The van der Waals surface area contributed by atoms with Crippen molar-refractivity contribution in [3.63, 3.8) is 0 Å². The van der Waals surface area contributed by atoms with E-state index in [2.05, 4.69) is 20.5 Å². The van der Waals surface area contributed by atoms with Crippen molar-refractivity contribution < 1.29 is 9.59 Å². The van der Waals surface area contributed by atoms with Gasteiger partial charge in [-0.3, -0.25) is 4.79 Å². The number of nitrogens with one attached hydrogen (secondary N) is 2. The number of nitrogens with zero attached hydrogens (tertiary/aromatic N) is 3. The fourth-order valence-corrected chi connectivity index (χ4v) is 4.11. The molecule has 2 aliphatic heterocycles. The van der Waals surface area contributed by atoms with Crippen molar-refractivity contribution in [3.05, 3.63) is 17.8 Å². The molecule has 0 radical (unpaired) electrons. The van der Waals surface area contributed by atoms with Crippen molar-refractivity contribution in [2.75, 3.05) is 42.9 Å². The first-order valence-electron chi connectivity index (χ1n) is 9.26. The van der Waals surface area contributed by atoms with Gasteiger partial charge in [0, 0.05) is 50.2 Å². The third kappa shape index (κ3) is 3.41. The topological polar surface area (TPSA) is 77.6 Å². The van der Waals surface area contributed by atoms with Gasteiger partial charge in [-0.05, 0) is 24.8 Å². The Balaban J connectivity index is 1.32. The fourth-order valence-electron chi connectivity index (χ4n) is 4.11. The van der Waals surface area contributed by atoms with E-state index in [0.717, 1.165) is 30.9 Å². The summed E-state index contributed by atoms with van der Waals surface area (Å²) in [5.74, 6) is 1.34. The van der Waals surface area contributed by atoms with E-state index in [1.807, 2.05) is 11.0 Å². The highest BCUT2D eigenvalue weighted by Crippen LogP contribution is 2.31. The molecule has 7 heteroatoms. The van der Waals surface area contributed by atoms with Crippen molar-refractivity contribution in [1.82, 2.24) is 15.2 Å². The Labute approximate surface area is 147 Å². The van der Waals surface area contributed by atoms with Crippen LogP contribution < -0.4 is 15.5 Å². The molecule has 2 N–H and O–H groups in total. The predicted molar refractivity (Wildman–Crippen MR) is 95.7 cm³/mol. The molecule has 1 saturated heterocycles. The Morgan fingerprint density at radius 3 is 2.76 bits per heavy atom. The van der Waals surface area contributed by atoms with Crippen molar-refractivity contribution >= 4 is 23.4 Å². The smallest absolute Gasteiger partial charge is 0.317 e. The quantitative estimate of drug-likeness (QED) is 0.874. The minimum atomic E-state index is -0.000114. The first-order valence-corrected chi connectivity index (χ1v) is 9.26. The van der Waals surface area contributed by atoms with Crippen LogP contribution in [-0.2, 0) is 11.2 Å². The van der Waals surface area contributed by atoms with Crippen molar-refractivity contribution in [2.45, 2.75) is 32.1 Å². The summed E-state index contributed by atoms with van der Waals surface area (Å²) in [6.07, 6.45) is 7.21. The molecular formula is C18H25N5O2. The molecule has 0 atom stereocenters. The lowest BCUT2D eigenvalue weighted by molar-refractivity contribution is -0.115. The average Bonchev–Trinajstić information content (AvgIpc) is 3.27. The predicted octanol–water partition coefficient (Wildman–Crippen LogP) is 1.60. The number of pyridine rings is 1. The molecular weight excluding hydrogens is 318 g/mol. The van der Waals surface area contributed by atoms with Gasteiger partial charge in [-0.2, -0.15) is 0 Å². The zero-order chi connectivity index (χ0) is 17.2. The van der Waals surface area contributed by atoms with Gasteiger partial charge in [-0.15, -0.1) is 0 Å². The van der Waals surface area contributed by atoms with Gasteiger partial charge in [0.1, 0.15) is 5.82 Å². The molecule has 0 spiro atoms. The maximum atomic E-state index is 12.4. The SMILES string of the molecule is O=C1Cc2c(N3CCN(C(=O)NCC4CCCC4)CC3)ccnc2N1. The van der Waals surface area contributed by atoms with Gasteiger partial charge in [0.25, 0.3) is 0 Å². The molecule has 3 heterocycles. The molecule has 1 aromatic rings. The Kier molecular flexibility index (Phi) is 4.46. The molecule has 4 rings (SSSR count). The number of amides is 3. The maximum absolute atomic E-state index is 12.4. The second-order valence-electron chi connectivity index (χ2n) is 7.19. The molecule has 0 aromatic carbocycles. The lowest BCUT2D eigenvalue weighted by atomic mass is 10.1. The molecule has 134 valence electrons. The average molecular weight is 343 g/mol. The molecule has 1 aromatic heterocycles. The number of urea groups is 1. The summed E-state index contributed by atoms with van der Waals surface area (Å²) >= 11 is 0. The molecule has 0 unspecified atom stereocenters. The summed E-state index contributed by atoms with van der Waals surface area (Å²) in [6.45, 7) is 3.78. The number of piperazine rings is 1. The van der Waals surface area contributed by atoms with Crippen molar-refractivity contribution in [2.24, 2.45) is 5.92 Å². The van der Waals surface area contributed by atoms with Gasteiger partial charge in [0.2, 0.25) is 5.91 Å². The normalized spacial score (nSPS) is 20.6. The summed E-state index contributed by atoms with van der Waals surface area (Å²) in [5.41, 5.74) is 2.04. The zero-order valence-corrected chi connectivity index (χ0v) is 14.5. The Morgan fingerprint density at radius 1 is 1.24 bits per heavy atom. The molecule has 3 amide bonds. The molecule has 7 nitrogen and oxygen atoms in total. The van der Waals surface area contributed by atoms with E-state index < -0.39 is 0 Å². The number of fused-ring (bicyclic) bond motifs is 1. The maximum Gasteiger partial charge on any atom is 0.317 e. The first-order chi connectivity index (χ1) is 12.2. The van der Waals surface area contributed by atoms with Gasteiger partial charge >= 0.3 is 6.03 Å². The number of hydrogen-bond donors (Lipinski definition) is 2. The number of carbonyl (C=O) groups excluding carboxylic acids is 2. The number of anilines is 2. The van der Waals surface area contributed by atoms with E-state index in [-0.39, 0.29) is 11.9 Å². The minimum Gasteiger partial charge on any atom is -0.368 e. The van der Waals surface area contributed by atoms with E-state index in [4.69, 9.17) is 0 Å². The summed E-state index contributed by atoms with van der Waals surface area (Å²) in [7, 11) is 0. The van der Waals surface area contributed by atoms with Crippen LogP contribution in [0.1, 0.15) is 31.2 Å². The van der Waals surface area contributed by atoms with E-state index in [0.29, 0.717) is 31.2 Å². The monoisotopic (exact) mass is 343 g/mol.